The monoisotopic (exact) mass is 264 g/mol. The van der Waals surface area contributed by atoms with E-state index in [-0.39, 0.29) is 16.9 Å². The Morgan fingerprint density at radius 3 is 2.68 bits per heavy atom. The van der Waals surface area contributed by atoms with Crippen LogP contribution in [0.4, 0.5) is 5.69 Å². The van der Waals surface area contributed by atoms with Crippen LogP contribution in [0.3, 0.4) is 0 Å². The van der Waals surface area contributed by atoms with Crippen molar-refractivity contribution in [2.45, 2.75) is 26.2 Å². The fraction of sp³-hybridized carbons (Fsp3) is 0.462. The van der Waals surface area contributed by atoms with E-state index < -0.39 is 16.4 Å². The number of nitrogens with one attached hydrogen (secondary N) is 1. The molecule has 0 unspecified atom stereocenters. The first-order chi connectivity index (χ1) is 8.91. The predicted octanol–water partition coefficient (Wildman–Crippen LogP) is 2.22. The van der Waals surface area contributed by atoms with E-state index in [9.17, 15) is 20.0 Å². The molecular weight excluding hydrogens is 248 g/mol. The van der Waals surface area contributed by atoms with Gasteiger partial charge in [-0.15, -0.1) is 0 Å². The Balaban J connectivity index is 2.03. The molecular formula is C13H16N2O4. The molecule has 0 atom stereocenters. The summed E-state index contributed by atoms with van der Waals surface area (Å²) in [4.78, 5) is 21.7. The number of amides is 1. The van der Waals surface area contributed by atoms with Crippen LogP contribution in [0.25, 0.3) is 0 Å². The largest absolute Gasteiger partial charge is 0.502 e. The predicted molar refractivity (Wildman–Crippen MR) is 69.1 cm³/mol. The second kappa shape index (κ2) is 4.87. The van der Waals surface area contributed by atoms with Crippen molar-refractivity contribution in [1.82, 2.24) is 5.32 Å². The van der Waals surface area contributed by atoms with Crippen LogP contribution >= 0.6 is 0 Å². The number of nitrogens with zero attached hydrogens (tertiary/aromatic N) is 1. The number of carbonyl (C=O) groups excluding carboxylic acids is 1. The number of hydrogen-bond donors (Lipinski definition) is 2. The summed E-state index contributed by atoms with van der Waals surface area (Å²) >= 11 is 0. The van der Waals surface area contributed by atoms with E-state index in [4.69, 9.17) is 0 Å². The normalized spacial score (nSPS) is 16.5. The Bertz CT molecular complexity index is 523. The smallest absolute Gasteiger partial charge is 0.310 e. The van der Waals surface area contributed by atoms with Crippen LogP contribution < -0.4 is 5.32 Å². The molecule has 0 aliphatic heterocycles. The molecule has 2 rings (SSSR count). The number of phenolic OH excluding ortho intramolecular Hbond substituents is 1. The van der Waals surface area contributed by atoms with Crippen molar-refractivity contribution in [2.75, 3.05) is 6.54 Å². The molecule has 102 valence electrons. The van der Waals surface area contributed by atoms with E-state index >= 15 is 0 Å². The zero-order chi connectivity index (χ0) is 14.0. The van der Waals surface area contributed by atoms with Gasteiger partial charge in [-0.1, -0.05) is 13.3 Å². The van der Waals surface area contributed by atoms with Crippen molar-refractivity contribution >= 4 is 11.6 Å². The van der Waals surface area contributed by atoms with Gasteiger partial charge >= 0.3 is 5.69 Å². The fourth-order valence-corrected chi connectivity index (χ4v) is 2.17. The summed E-state index contributed by atoms with van der Waals surface area (Å²) in [6.45, 7) is 2.70. The lowest BCUT2D eigenvalue weighted by molar-refractivity contribution is -0.385. The molecule has 0 saturated heterocycles. The third kappa shape index (κ3) is 2.83. The highest BCUT2D eigenvalue weighted by Gasteiger charge is 2.32. The lowest BCUT2D eigenvalue weighted by Crippen LogP contribution is -2.39. The van der Waals surface area contributed by atoms with Gasteiger partial charge in [-0.05, 0) is 30.4 Å². The maximum atomic E-state index is 11.9. The highest BCUT2D eigenvalue weighted by Crippen LogP contribution is 2.39. The minimum Gasteiger partial charge on any atom is -0.502 e. The van der Waals surface area contributed by atoms with Crippen LogP contribution in [0.1, 0.15) is 36.5 Å². The first-order valence-electron chi connectivity index (χ1n) is 6.17. The van der Waals surface area contributed by atoms with Crippen molar-refractivity contribution < 1.29 is 14.8 Å². The van der Waals surface area contributed by atoms with E-state index in [1.165, 1.54) is 12.5 Å². The van der Waals surface area contributed by atoms with Crippen molar-refractivity contribution in [1.29, 1.82) is 0 Å². The minimum absolute atomic E-state index is 0.165. The average Bonchev–Trinajstić information content (AvgIpc) is 2.33. The summed E-state index contributed by atoms with van der Waals surface area (Å²) < 4.78 is 0. The standard InChI is InChI=1S/C13H16N2O4/c1-13(5-2-6-13)8-14-12(17)9-3-4-10(15(18)19)11(16)7-9/h3-4,7,16H,2,5-6,8H2,1H3,(H,14,17). The van der Waals surface area contributed by atoms with Crippen molar-refractivity contribution in [3.63, 3.8) is 0 Å². The molecule has 0 heterocycles. The number of nitro groups is 1. The molecule has 6 nitrogen and oxygen atoms in total. The summed E-state index contributed by atoms with van der Waals surface area (Å²) in [7, 11) is 0. The Morgan fingerprint density at radius 1 is 1.53 bits per heavy atom. The highest BCUT2D eigenvalue weighted by molar-refractivity contribution is 5.95. The molecule has 1 saturated carbocycles. The van der Waals surface area contributed by atoms with Gasteiger partial charge in [0.15, 0.2) is 5.75 Å². The first kappa shape index (κ1) is 13.3. The van der Waals surface area contributed by atoms with Gasteiger partial charge in [-0.3, -0.25) is 14.9 Å². The zero-order valence-electron chi connectivity index (χ0n) is 10.7. The SMILES string of the molecule is CC1(CNC(=O)c2ccc([N+](=O)[O-])c(O)c2)CCC1. The Labute approximate surface area is 110 Å². The molecule has 0 spiro atoms. The second-order valence-corrected chi connectivity index (χ2v) is 5.31. The summed E-state index contributed by atoms with van der Waals surface area (Å²) in [5.41, 5.74) is -0.00750. The summed E-state index contributed by atoms with van der Waals surface area (Å²) in [6, 6.07) is 3.60. The average molecular weight is 264 g/mol. The van der Waals surface area contributed by atoms with Crippen molar-refractivity contribution in [2.24, 2.45) is 5.41 Å². The van der Waals surface area contributed by atoms with Gasteiger partial charge in [0.2, 0.25) is 0 Å². The molecule has 1 fully saturated rings. The first-order valence-corrected chi connectivity index (χ1v) is 6.17. The quantitative estimate of drug-likeness (QED) is 0.644. The number of phenols is 1. The maximum Gasteiger partial charge on any atom is 0.310 e. The molecule has 2 N–H and O–H groups in total. The summed E-state index contributed by atoms with van der Waals surface area (Å²) in [5.74, 6) is -0.814. The van der Waals surface area contributed by atoms with Crippen LogP contribution in [-0.4, -0.2) is 22.5 Å². The van der Waals surface area contributed by atoms with Crippen LogP contribution in [0.5, 0.6) is 5.75 Å². The number of rotatable bonds is 4. The molecule has 19 heavy (non-hydrogen) atoms. The number of carbonyl (C=O) groups is 1. The van der Waals surface area contributed by atoms with E-state index in [0.717, 1.165) is 25.0 Å². The molecule has 1 amide bonds. The van der Waals surface area contributed by atoms with E-state index in [1.807, 2.05) is 0 Å². The third-order valence-corrected chi connectivity index (χ3v) is 3.67. The molecule has 1 aromatic carbocycles. The Morgan fingerprint density at radius 2 is 2.21 bits per heavy atom. The van der Waals surface area contributed by atoms with Gasteiger partial charge in [0.05, 0.1) is 4.92 Å². The van der Waals surface area contributed by atoms with Crippen LogP contribution in [0.2, 0.25) is 0 Å². The summed E-state index contributed by atoms with van der Waals surface area (Å²) in [6.07, 6.45) is 3.38. The highest BCUT2D eigenvalue weighted by atomic mass is 16.6. The van der Waals surface area contributed by atoms with Crippen LogP contribution in [-0.2, 0) is 0 Å². The molecule has 1 aromatic rings. The van der Waals surface area contributed by atoms with E-state index in [2.05, 4.69) is 12.2 Å². The maximum absolute atomic E-state index is 11.9. The zero-order valence-corrected chi connectivity index (χ0v) is 10.7. The van der Waals surface area contributed by atoms with E-state index in [0.29, 0.717) is 6.54 Å². The lowest BCUT2D eigenvalue weighted by atomic mass is 9.70. The van der Waals surface area contributed by atoms with Gasteiger partial charge in [0.1, 0.15) is 0 Å². The molecule has 1 aliphatic rings. The fourth-order valence-electron chi connectivity index (χ4n) is 2.17. The number of nitro benzene ring substituents is 1. The van der Waals surface area contributed by atoms with Gasteiger partial charge < -0.3 is 10.4 Å². The van der Waals surface area contributed by atoms with Gasteiger partial charge in [0.25, 0.3) is 5.91 Å². The summed E-state index contributed by atoms with van der Waals surface area (Å²) in [5, 5.41) is 22.8. The minimum atomic E-state index is -0.688. The Hall–Kier alpha value is -2.11. The molecule has 1 aliphatic carbocycles. The second-order valence-electron chi connectivity index (χ2n) is 5.31. The van der Waals surface area contributed by atoms with E-state index in [1.54, 1.807) is 0 Å². The molecule has 0 aromatic heterocycles. The third-order valence-electron chi connectivity index (χ3n) is 3.67. The van der Waals surface area contributed by atoms with Crippen molar-refractivity contribution in [3.8, 4) is 5.75 Å². The van der Waals surface area contributed by atoms with Crippen LogP contribution in [0.15, 0.2) is 18.2 Å². The number of benzene rings is 1. The van der Waals surface area contributed by atoms with Gasteiger partial charge in [-0.2, -0.15) is 0 Å². The lowest BCUT2D eigenvalue weighted by Gasteiger charge is -2.38. The Kier molecular flexibility index (Phi) is 3.42. The topological polar surface area (TPSA) is 92.5 Å². The number of aromatic hydroxyl groups is 1. The van der Waals surface area contributed by atoms with Crippen molar-refractivity contribution in [3.05, 3.63) is 33.9 Å². The molecule has 0 bridgehead atoms. The molecule has 0 radical (unpaired) electrons. The molecule has 6 heteroatoms. The van der Waals surface area contributed by atoms with Gasteiger partial charge in [0, 0.05) is 18.2 Å². The van der Waals surface area contributed by atoms with Gasteiger partial charge in [-0.25, -0.2) is 0 Å². The number of hydrogen-bond acceptors (Lipinski definition) is 4. The van der Waals surface area contributed by atoms with Crippen LogP contribution in [0, 0.1) is 15.5 Å².